The molecule has 0 saturated heterocycles. The van der Waals surface area contributed by atoms with Crippen molar-refractivity contribution in [3.05, 3.63) is 29.8 Å². The van der Waals surface area contributed by atoms with E-state index in [2.05, 4.69) is 13.8 Å². The highest BCUT2D eigenvalue weighted by Crippen LogP contribution is 2.19. The Kier molecular flexibility index (Phi) is 12.7. The molecule has 0 heterocycles. The van der Waals surface area contributed by atoms with Crippen molar-refractivity contribution >= 4 is 10.0 Å². The van der Waals surface area contributed by atoms with Crippen molar-refractivity contribution in [3.63, 3.8) is 0 Å². The van der Waals surface area contributed by atoms with Gasteiger partial charge in [-0.25, -0.2) is 8.42 Å². The molecule has 0 amide bonds. The second-order valence-electron chi connectivity index (χ2n) is 8.14. The Morgan fingerprint density at radius 2 is 1.24 bits per heavy atom. The highest BCUT2D eigenvalue weighted by molar-refractivity contribution is 7.89. The zero-order valence-corrected chi connectivity index (χ0v) is 19.3. The Morgan fingerprint density at radius 1 is 0.793 bits per heavy atom. The van der Waals surface area contributed by atoms with Crippen molar-refractivity contribution in [3.8, 4) is 0 Å². The molecule has 0 aliphatic rings. The molecule has 5 nitrogen and oxygen atoms in total. The maximum Gasteiger partial charge on any atom is 0.243 e. The molecule has 0 radical (unpaired) electrons. The fourth-order valence-corrected chi connectivity index (χ4v) is 4.91. The second-order valence-corrected chi connectivity index (χ2v) is 10.1. The summed E-state index contributed by atoms with van der Waals surface area (Å²) in [6.45, 7) is 6.22. The van der Waals surface area contributed by atoms with Crippen molar-refractivity contribution in [1.82, 2.24) is 4.31 Å². The van der Waals surface area contributed by atoms with Crippen LogP contribution in [0.5, 0.6) is 0 Å². The molecule has 0 spiro atoms. The van der Waals surface area contributed by atoms with Gasteiger partial charge in [0.25, 0.3) is 0 Å². The molecule has 0 unspecified atom stereocenters. The van der Waals surface area contributed by atoms with E-state index in [1.165, 1.54) is 4.31 Å². The highest BCUT2D eigenvalue weighted by Gasteiger charge is 2.28. The predicted octanol–water partition coefficient (Wildman–Crippen LogP) is 4.65. The van der Waals surface area contributed by atoms with Crippen LogP contribution in [-0.4, -0.2) is 48.2 Å². The third-order valence-electron chi connectivity index (χ3n) is 5.27. The first-order chi connectivity index (χ1) is 13.8. The minimum Gasteiger partial charge on any atom is -0.392 e. The monoisotopic (exact) mass is 427 g/mol. The summed E-state index contributed by atoms with van der Waals surface area (Å²) in [6, 6.07) is 6.73. The average Bonchev–Trinajstić information content (AvgIpc) is 2.68. The molecule has 1 rings (SSSR count). The molecule has 0 bridgehead atoms. The van der Waals surface area contributed by atoms with Gasteiger partial charge in [0.2, 0.25) is 10.0 Å². The average molecular weight is 428 g/mol. The first-order valence-electron chi connectivity index (χ1n) is 11.2. The molecule has 0 saturated carbocycles. The van der Waals surface area contributed by atoms with Gasteiger partial charge in [0.15, 0.2) is 0 Å². The van der Waals surface area contributed by atoms with Gasteiger partial charge in [-0.15, -0.1) is 0 Å². The lowest BCUT2D eigenvalue weighted by atomic mass is 10.1. The number of aliphatic hydroxyl groups is 2. The van der Waals surface area contributed by atoms with Crippen LogP contribution in [0.2, 0.25) is 0 Å². The Labute approximate surface area is 178 Å². The van der Waals surface area contributed by atoms with Gasteiger partial charge in [0, 0.05) is 13.1 Å². The molecule has 2 atom stereocenters. The third-order valence-corrected chi connectivity index (χ3v) is 7.12. The van der Waals surface area contributed by atoms with Gasteiger partial charge in [-0.05, 0) is 31.9 Å². The summed E-state index contributed by atoms with van der Waals surface area (Å²) in [7, 11) is -3.77. The minimum atomic E-state index is -3.77. The van der Waals surface area contributed by atoms with E-state index >= 15 is 0 Å². The molecule has 168 valence electrons. The van der Waals surface area contributed by atoms with E-state index in [9.17, 15) is 18.6 Å². The summed E-state index contributed by atoms with van der Waals surface area (Å²) < 4.78 is 27.6. The van der Waals surface area contributed by atoms with Gasteiger partial charge in [0.1, 0.15) is 0 Å². The Hall–Kier alpha value is -0.950. The van der Waals surface area contributed by atoms with Gasteiger partial charge in [-0.2, -0.15) is 4.31 Å². The standard InChI is InChI=1S/C23H41NO4S/c1-4-6-8-10-12-21(25)18-24(19-22(26)13-11-9-7-5-2)29(27,28)23-16-14-20(3)15-17-23/h14-17,21-22,25-26H,4-13,18-19H2,1-3H3/t21-,22-/m0/s1. The lowest BCUT2D eigenvalue weighted by molar-refractivity contribution is 0.0966. The Morgan fingerprint density at radius 3 is 1.66 bits per heavy atom. The zero-order valence-electron chi connectivity index (χ0n) is 18.5. The third kappa shape index (κ3) is 10.1. The van der Waals surface area contributed by atoms with Gasteiger partial charge < -0.3 is 10.2 Å². The topological polar surface area (TPSA) is 77.8 Å². The van der Waals surface area contributed by atoms with Crippen LogP contribution >= 0.6 is 0 Å². The first kappa shape index (κ1) is 26.1. The van der Waals surface area contributed by atoms with Crippen molar-refractivity contribution in [1.29, 1.82) is 0 Å². The molecule has 1 aromatic rings. The Bertz CT molecular complexity index is 625. The van der Waals surface area contributed by atoms with E-state index in [0.29, 0.717) is 12.8 Å². The zero-order chi connectivity index (χ0) is 21.7. The molecule has 1 aromatic carbocycles. The molecule has 0 aliphatic carbocycles. The predicted molar refractivity (Wildman–Crippen MR) is 119 cm³/mol. The molecule has 0 fully saturated rings. The van der Waals surface area contributed by atoms with E-state index in [-0.39, 0.29) is 18.0 Å². The lowest BCUT2D eigenvalue weighted by Crippen LogP contribution is -2.42. The first-order valence-corrected chi connectivity index (χ1v) is 12.7. The number of unbranched alkanes of at least 4 members (excludes halogenated alkanes) is 6. The van der Waals surface area contributed by atoms with Crippen molar-refractivity contribution in [2.45, 2.75) is 102 Å². The van der Waals surface area contributed by atoms with Crippen LogP contribution in [0.4, 0.5) is 0 Å². The van der Waals surface area contributed by atoms with E-state index in [0.717, 1.165) is 56.9 Å². The van der Waals surface area contributed by atoms with E-state index in [4.69, 9.17) is 0 Å². The van der Waals surface area contributed by atoms with Gasteiger partial charge in [-0.1, -0.05) is 82.9 Å². The molecule has 0 aliphatic heterocycles. The summed E-state index contributed by atoms with van der Waals surface area (Å²) >= 11 is 0. The highest BCUT2D eigenvalue weighted by atomic mass is 32.2. The summed E-state index contributed by atoms with van der Waals surface area (Å²) in [5.74, 6) is 0. The van der Waals surface area contributed by atoms with Gasteiger partial charge in [0.05, 0.1) is 17.1 Å². The van der Waals surface area contributed by atoms with Crippen molar-refractivity contribution in [2.24, 2.45) is 0 Å². The van der Waals surface area contributed by atoms with Crippen LogP contribution in [0.15, 0.2) is 29.2 Å². The SMILES string of the molecule is CCCCCC[C@H](O)CN(C[C@@H](O)CCCCCC)S(=O)(=O)c1ccc(C)cc1. The Balaban J connectivity index is 2.82. The maximum absolute atomic E-state index is 13.2. The molecule has 2 N–H and O–H groups in total. The lowest BCUT2D eigenvalue weighted by Gasteiger charge is -2.27. The quantitative estimate of drug-likeness (QED) is 0.377. The number of hydrogen-bond donors (Lipinski definition) is 2. The summed E-state index contributed by atoms with van der Waals surface area (Å²) in [4.78, 5) is 0.208. The second kappa shape index (κ2) is 14.1. The fourth-order valence-electron chi connectivity index (χ4n) is 3.40. The fraction of sp³-hybridized carbons (Fsp3) is 0.739. The van der Waals surface area contributed by atoms with Crippen LogP contribution in [0, 0.1) is 6.92 Å². The number of sulfonamides is 1. The molecular weight excluding hydrogens is 386 g/mol. The smallest absolute Gasteiger partial charge is 0.243 e. The number of aryl methyl sites for hydroxylation is 1. The summed E-state index contributed by atoms with van der Waals surface area (Å²) in [5.41, 5.74) is 0.988. The largest absolute Gasteiger partial charge is 0.392 e. The number of rotatable bonds is 16. The molecule has 6 heteroatoms. The van der Waals surface area contributed by atoms with Crippen LogP contribution in [0.25, 0.3) is 0 Å². The number of hydrogen-bond acceptors (Lipinski definition) is 4. The van der Waals surface area contributed by atoms with Crippen molar-refractivity contribution < 1.29 is 18.6 Å². The minimum absolute atomic E-state index is 0.0222. The number of aliphatic hydroxyl groups excluding tert-OH is 2. The molecule has 29 heavy (non-hydrogen) atoms. The maximum atomic E-state index is 13.2. The normalized spacial score (nSPS) is 14.3. The van der Waals surface area contributed by atoms with Gasteiger partial charge >= 0.3 is 0 Å². The van der Waals surface area contributed by atoms with Crippen LogP contribution in [0.1, 0.15) is 83.6 Å². The summed E-state index contributed by atoms with van der Waals surface area (Å²) in [6.07, 6.45) is 8.03. The van der Waals surface area contributed by atoms with Crippen molar-refractivity contribution in [2.75, 3.05) is 13.1 Å². The van der Waals surface area contributed by atoms with E-state index < -0.39 is 22.2 Å². The van der Waals surface area contributed by atoms with Gasteiger partial charge in [-0.3, -0.25) is 0 Å². The molecular formula is C23H41NO4S. The van der Waals surface area contributed by atoms with E-state index in [1.54, 1.807) is 24.3 Å². The summed E-state index contributed by atoms with van der Waals surface area (Å²) in [5, 5.41) is 20.9. The van der Waals surface area contributed by atoms with E-state index in [1.807, 2.05) is 6.92 Å². The van der Waals surface area contributed by atoms with Crippen LogP contribution < -0.4 is 0 Å². The number of benzene rings is 1. The molecule has 0 aromatic heterocycles. The number of nitrogens with zero attached hydrogens (tertiary/aromatic N) is 1. The van der Waals surface area contributed by atoms with Crippen LogP contribution in [-0.2, 0) is 10.0 Å². The van der Waals surface area contributed by atoms with Crippen LogP contribution in [0.3, 0.4) is 0 Å².